The fourth-order valence-corrected chi connectivity index (χ4v) is 5.11. The molecular weight excluding hydrogens is 342 g/mol. The topological polar surface area (TPSA) is 65.6 Å². The Hall–Kier alpha value is -2.76. The minimum atomic E-state index is -0.478. The van der Waals surface area contributed by atoms with Crippen LogP contribution in [-0.2, 0) is 21.5 Å². The van der Waals surface area contributed by atoms with Crippen LogP contribution in [0.5, 0.6) is 0 Å². The number of H-pyrrole nitrogens is 1. The Morgan fingerprint density at radius 3 is 3.04 bits per heavy atom. The fraction of sp³-hybridized carbons (Fsp3) is 0.429. The Balaban J connectivity index is 1.66. The van der Waals surface area contributed by atoms with E-state index >= 15 is 0 Å². The van der Waals surface area contributed by atoms with Gasteiger partial charge >= 0.3 is 12.0 Å². The summed E-state index contributed by atoms with van der Waals surface area (Å²) >= 11 is 0. The van der Waals surface area contributed by atoms with Crippen LogP contribution < -0.4 is 0 Å². The molecule has 1 aromatic carbocycles. The average Bonchev–Trinajstić information content (AvgIpc) is 3.17. The molecule has 1 aromatic heterocycles. The molecule has 2 aromatic rings. The van der Waals surface area contributed by atoms with Gasteiger partial charge < -0.3 is 14.6 Å². The summed E-state index contributed by atoms with van der Waals surface area (Å²) in [5.41, 5.74) is 4.01. The molecule has 2 aliphatic heterocycles. The summed E-state index contributed by atoms with van der Waals surface area (Å²) < 4.78 is 5.11. The Morgan fingerprint density at radius 1 is 1.33 bits per heavy atom. The number of esters is 1. The molecule has 1 fully saturated rings. The Bertz CT molecular complexity index is 976. The first kappa shape index (κ1) is 16.4. The number of nitrogens with one attached hydrogen (secondary N) is 1. The number of nitrogens with zero attached hydrogens (tertiary/aromatic N) is 2. The van der Waals surface area contributed by atoms with Crippen LogP contribution in [0.4, 0.5) is 4.79 Å². The predicted octanol–water partition coefficient (Wildman–Crippen LogP) is 3.29. The van der Waals surface area contributed by atoms with Crippen LogP contribution in [0.15, 0.2) is 36.0 Å². The summed E-state index contributed by atoms with van der Waals surface area (Å²) in [5, 5.41) is 1.24. The van der Waals surface area contributed by atoms with Crippen LogP contribution in [0.1, 0.15) is 37.4 Å². The first-order valence-corrected chi connectivity index (χ1v) is 9.72. The summed E-state index contributed by atoms with van der Waals surface area (Å²) in [4.78, 5) is 32.6. The molecule has 0 bridgehead atoms. The smallest absolute Gasteiger partial charge is 0.326 e. The van der Waals surface area contributed by atoms with Gasteiger partial charge in [-0.25, -0.2) is 4.79 Å². The molecular formula is C21H23N3O3. The number of amides is 2. The molecule has 0 saturated carbocycles. The van der Waals surface area contributed by atoms with Crippen molar-refractivity contribution in [1.82, 2.24) is 14.8 Å². The minimum Gasteiger partial charge on any atom is -0.465 e. The van der Waals surface area contributed by atoms with Crippen LogP contribution in [-0.4, -0.2) is 46.5 Å². The van der Waals surface area contributed by atoms with E-state index in [0.717, 1.165) is 42.6 Å². The maximum atomic E-state index is 13.3. The number of ether oxygens (including phenoxy) is 1. The molecule has 3 aliphatic rings. The highest BCUT2D eigenvalue weighted by Gasteiger charge is 2.58. The predicted molar refractivity (Wildman–Crippen MR) is 101 cm³/mol. The third-order valence-electron chi connectivity index (χ3n) is 6.12. The Morgan fingerprint density at radius 2 is 2.19 bits per heavy atom. The first-order chi connectivity index (χ1) is 13.2. The quantitative estimate of drug-likeness (QED) is 0.849. The van der Waals surface area contributed by atoms with E-state index in [1.807, 2.05) is 11.0 Å². The maximum absolute atomic E-state index is 13.3. The van der Waals surface area contributed by atoms with E-state index in [-0.39, 0.29) is 18.5 Å². The van der Waals surface area contributed by atoms with Crippen molar-refractivity contribution in [2.45, 2.75) is 38.1 Å². The van der Waals surface area contributed by atoms with Gasteiger partial charge in [0.1, 0.15) is 12.1 Å². The van der Waals surface area contributed by atoms with Gasteiger partial charge in [0.25, 0.3) is 0 Å². The molecule has 27 heavy (non-hydrogen) atoms. The van der Waals surface area contributed by atoms with Crippen molar-refractivity contribution in [2.24, 2.45) is 0 Å². The van der Waals surface area contributed by atoms with E-state index in [1.54, 1.807) is 11.8 Å². The van der Waals surface area contributed by atoms with Crippen LogP contribution in [0.3, 0.4) is 0 Å². The lowest BCUT2D eigenvalue weighted by molar-refractivity contribution is -0.143. The summed E-state index contributed by atoms with van der Waals surface area (Å²) in [6, 6.07) is 8.25. The maximum Gasteiger partial charge on any atom is 0.326 e. The lowest BCUT2D eigenvalue weighted by Crippen LogP contribution is -2.49. The monoisotopic (exact) mass is 365 g/mol. The molecule has 140 valence electrons. The van der Waals surface area contributed by atoms with Crippen molar-refractivity contribution in [1.29, 1.82) is 0 Å². The largest absolute Gasteiger partial charge is 0.465 e. The van der Waals surface area contributed by atoms with Crippen molar-refractivity contribution in [3.05, 3.63) is 47.3 Å². The number of para-hydroxylation sites is 1. The minimum absolute atomic E-state index is 0.0215. The van der Waals surface area contributed by atoms with E-state index in [9.17, 15) is 9.59 Å². The van der Waals surface area contributed by atoms with Crippen molar-refractivity contribution >= 4 is 22.9 Å². The SMILES string of the molecule is CCOC(=O)CN1C(=O)N2CCc3c([nH]c4ccccc34)C23CCCC=C13. The van der Waals surface area contributed by atoms with Crippen molar-refractivity contribution in [3.63, 3.8) is 0 Å². The normalized spacial score (nSPS) is 23.7. The number of benzene rings is 1. The van der Waals surface area contributed by atoms with Crippen LogP contribution in [0, 0.1) is 0 Å². The highest BCUT2D eigenvalue weighted by molar-refractivity contribution is 5.91. The second kappa shape index (κ2) is 5.87. The zero-order valence-corrected chi connectivity index (χ0v) is 15.5. The van der Waals surface area contributed by atoms with E-state index in [0.29, 0.717) is 13.2 Å². The van der Waals surface area contributed by atoms with Gasteiger partial charge in [-0.15, -0.1) is 0 Å². The molecule has 1 aliphatic carbocycles. The number of hydrogen-bond acceptors (Lipinski definition) is 3. The Labute approximate surface area is 157 Å². The van der Waals surface area contributed by atoms with Gasteiger partial charge in [-0.3, -0.25) is 9.69 Å². The second-order valence-corrected chi connectivity index (χ2v) is 7.44. The van der Waals surface area contributed by atoms with Gasteiger partial charge in [0.2, 0.25) is 0 Å². The summed E-state index contributed by atoms with van der Waals surface area (Å²) in [6.45, 7) is 2.75. The molecule has 5 rings (SSSR count). The number of hydrogen-bond donors (Lipinski definition) is 1. The highest BCUT2D eigenvalue weighted by atomic mass is 16.5. The molecule has 6 nitrogen and oxygen atoms in total. The number of carbonyl (C=O) groups excluding carboxylic acids is 2. The van der Waals surface area contributed by atoms with E-state index in [2.05, 4.69) is 29.3 Å². The van der Waals surface area contributed by atoms with Gasteiger partial charge in [-0.05, 0) is 44.2 Å². The second-order valence-electron chi connectivity index (χ2n) is 7.44. The van der Waals surface area contributed by atoms with E-state index in [4.69, 9.17) is 4.74 Å². The third kappa shape index (κ3) is 2.13. The van der Waals surface area contributed by atoms with Crippen LogP contribution in [0.25, 0.3) is 10.9 Å². The molecule has 0 radical (unpaired) electrons. The number of allylic oxidation sites excluding steroid dienone is 1. The molecule has 2 amide bonds. The summed E-state index contributed by atoms with van der Waals surface area (Å²) in [5.74, 6) is -0.357. The fourth-order valence-electron chi connectivity index (χ4n) is 5.11. The number of fused-ring (bicyclic) bond motifs is 3. The van der Waals surface area contributed by atoms with Gasteiger partial charge in [0.15, 0.2) is 0 Å². The zero-order chi connectivity index (χ0) is 18.6. The molecule has 3 heterocycles. The molecule has 1 atom stereocenters. The van der Waals surface area contributed by atoms with Gasteiger partial charge in [0, 0.05) is 17.4 Å². The van der Waals surface area contributed by atoms with Crippen molar-refractivity contribution < 1.29 is 14.3 Å². The lowest BCUT2D eigenvalue weighted by atomic mass is 9.76. The first-order valence-electron chi connectivity index (χ1n) is 9.72. The van der Waals surface area contributed by atoms with Gasteiger partial charge in [-0.2, -0.15) is 0 Å². The molecule has 6 heteroatoms. The third-order valence-corrected chi connectivity index (χ3v) is 6.12. The van der Waals surface area contributed by atoms with Gasteiger partial charge in [-0.1, -0.05) is 24.3 Å². The van der Waals surface area contributed by atoms with Crippen molar-refractivity contribution in [2.75, 3.05) is 19.7 Å². The molecule has 1 unspecified atom stereocenters. The zero-order valence-electron chi connectivity index (χ0n) is 15.5. The van der Waals surface area contributed by atoms with Crippen molar-refractivity contribution in [3.8, 4) is 0 Å². The van der Waals surface area contributed by atoms with Gasteiger partial charge in [0.05, 0.1) is 18.0 Å². The van der Waals surface area contributed by atoms with E-state index in [1.165, 1.54) is 10.9 Å². The summed E-state index contributed by atoms with van der Waals surface area (Å²) in [7, 11) is 0. The standard InChI is InChI=1S/C21H23N3O3/c1-2-27-18(25)13-23-17-9-5-6-11-21(17)19-15(10-12-24(21)20(23)26)14-7-3-4-8-16(14)22-19/h3-4,7-9,22H,2,5-6,10-13H2,1H3. The summed E-state index contributed by atoms with van der Waals surface area (Å²) in [6.07, 6.45) is 5.79. The molecule has 1 saturated heterocycles. The number of rotatable bonds is 3. The lowest BCUT2D eigenvalue weighted by Gasteiger charge is -2.43. The Kier molecular flexibility index (Phi) is 3.57. The number of carbonyl (C=O) groups is 2. The number of aromatic nitrogens is 1. The number of aromatic amines is 1. The average molecular weight is 365 g/mol. The van der Waals surface area contributed by atoms with E-state index < -0.39 is 5.54 Å². The molecule has 1 N–H and O–H groups in total. The molecule has 1 spiro atoms. The highest BCUT2D eigenvalue weighted by Crippen LogP contribution is 2.53. The van der Waals surface area contributed by atoms with Crippen LogP contribution >= 0.6 is 0 Å². The number of urea groups is 1. The van der Waals surface area contributed by atoms with Crippen LogP contribution in [0.2, 0.25) is 0 Å².